The number of amides is 2. The van der Waals surface area contributed by atoms with Gasteiger partial charge in [-0.3, -0.25) is 9.59 Å². The monoisotopic (exact) mass is 405 g/mol. The Kier molecular flexibility index (Phi) is 4.81. The lowest BCUT2D eigenvalue weighted by molar-refractivity contribution is -0.121. The Bertz CT molecular complexity index is 1090. The maximum absolute atomic E-state index is 13.3. The summed E-state index contributed by atoms with van der Waals surface area (Å²) < 4.78 is 2.09. The van der Waals surface area contributed by atoms with E-state index in [1.807, 2.05) is 42.3 Å². The normalized spacial score (nSPS) is 19.2. The van der Waals surface area contributed by atoms with E-state index in [2.05, 4.69) is 14.9 Å². The Labute approximate surface area is 175 Å². The van der Waals surface area contributed by atoms with Crippen molar-refractivity contribution in [3.05, 3.63) is 53.7 Å². The van der Waals surface area contributed by atoms with Crippen molar-refractivity contribution < 1.29 is 9.59 Å². The number of para-hydroxylation sites is 1. The van der Waals surface area contributed by atoms with Crippen LogP contribution in [-0.2, 0) is 17.8 Å². The van der Waals surface area contributed by atoms with Crippen molar-refractivity contribution in [1.82, 2.24) is 24.8 Å². The maximum Gasteiger partial charge on any atom is 0.256 e. The van der Waals surface area contributed by atoms with Gasteiger partial charge in [0.1, 0.15) is 5.82 Å². The molecule has 156 valence electrons. The van der Waals surface area contributed by atoms with Gasteiger partial charge in [0, 0.05) is 42.4 Å². The summed E-state index contributed by atoms with van der Waals surface area (Å²) in [6.45, 7) is 3.31. The molecule has 2 amide bonds. The van der Waals surface area contributed by atoms with E-state index in [1.54, 1.807) is 6.20 Å². The quantitative estimate of drug-likeness (QED) is 0.699. The molecule has 0 spiro atoms. The lowest BCUT2D eigenvalue weighted by atomic mass is 10.1. The highest BCUT2D eigenvalue weighted by Gasteiger charge is 2.31. The van der Waals surface area contributed by atoms with Gasteiger partial charge >= 0.3 is 0 Å². The van der Waals surface area contributed by atoms with Gasteiger partial charge in [0.25, 0.3) is 5.91 Å². The topological polar surface area (TPSA) is 83.0 Å². The van der Waals surface area contributed by atoms with Gasteiger partial charge in [0.05, 0.1) is 23.7 Å². The summed E-state index contributed by atoms with van der Waals surface area (Å²) >= 11 is 0. The zero-order chi connectivity index (χ0) is 20.7. The van der Waals surface area contributed by atoms with Crippen molar-refractivity contribution in [1.29, 1.82) is 0 Å². The van der Waals surface area contributed by atoms with Gasteiger partial charge in [0.15, 0.2) is 0 Å². The fraction of sp³-hybridized carbons (Fsp3) is 0.435. The zero-order valence-electron chi connectivity index (χ0n) is 17.2. The van der Waals surface area contributed by atoms with Gasteiger partial charge in [-0.1, -0.05) is 31.0 Å². The van der Waals surface area contributed by atoms with Crippen LogP contribution in [0.15, 0.2) is 36.7 Å². The number of carbonyl (C=O) groups excluding carboxylic acids is 2. The lowest BCUT2D eigenvalue weighted by Crippen LogP contribution is -2.41. The molecule has 7 nitrogen and oxygen atoms in total. The van der Waals surface area contributed by atoms with Crippen LogP contribution < -0.4 is 5.32 Å². The Balaban J connectivity index is 1.32. The molecule has 2 N–H and O–H groups in total. The Morgan fingerprint density at radius 3 is 2.83 bits per heavy atom. The molecule has 1 aliphatic heterocycles. The molecule has 1 atom stereocenters. The first kappa shape index (κ1) is 18.9. The largest absolute Gasteiger partial charge is 0.360 e. The molecule has 7 heteroatoms. The predicted molar refractivity (Wildman–Crippen MR) is 114 cm³/mol. The number of imidazole rings is 1. The number of nitrogens with one attached hydrogen (secondary N) is 2. The van der Waals surface area contributed by atoms with E-state index in [0.29, 0.717) is 31.1 Å². The molecule has 1 fully saturated rings. The van der Waals surface area contributed by atoms with Crippen molar-refractivity contribution >= 4 is 22.7 Å². The highest BCUT2D eigenvalue weighted by molar-refractivity contribution is 6.06. The van der Waals surface area contributed by atoms with Crippen LogP contribution in [0.4, 0.5) is 0 Å². The molecule has 30 heavy (non-hydrogen) atoms. The average molecular weight is 406 g/mol. The molecular weight excluding hydrogens is 378 g/mol. The minimum Gasteiger partial charge on any atom is -0.360 e. The average Bonchev–Trinajstić information content (AvgIpc) is 3.47. The molecule has 1 aromatic carbocycles. The van der Waals surface area contributed by atoms with Crippen LogP contribution in [-0.4, -0.2) is 43.8 Å². The minimum atomic E-state index is -0.147. The van der Waals surface area contributed by atoms with E-state index >= 15 is 0 Å². The van der Waals surface area contributed by atoms with Crippen LogP contribution in [0.25, 0.3) is 10.9 Å². The number of rotatable bonds is 4. The molecule has 2 aromatic heterocycles. The second kappa shape index (κ2) is 7.63. The van der Waals surface area contributed by atoms with Gasteiger partial charge in [-0.15, -0.1) is 0 Å². The molecule has 1 saturated carbocycles. The molecular formula is C23H27N5O2. The van der Waals surface area contributed by atoms with Crippen LogP contribution >= 0.6 is 0 Å². The van der Waals surface area contributed by atoms with E-state index in [-0.39, 0.29) is 17.9 Å². The van der Waals surface area contributed by atoms with Crippen LogP contribution in [0, 0.1) is 0 Å². The standard InChI is InChI=1S/C23H27N5O2/c1-15-22-26-17(12-21(29)25-16-6-2-3-7-16)14-27(22)10-11-28(15)23(30)19-13-24-20-9-5-4-8-18(19)20/h4-5,8-9,13-16,24H,2-3,6-7,10-12H2,1H3,(H,25,29). The summed E-state index contributed by atoms with van der Waals surface area (Å²) in [6.07, 6.45) is 8.59. The predicted octanol–water partition coefficient (Wildman–Crippen LogP) is 3.18. The summed E-state index contributed by atoms with van der Waals surface area (Å²) in [5.74, 6) is 0.893. The maximum atomic E-state index is 13.3. The number of hydrogen-bond donors (Lipinski definition) is 2. The Morgan fingerprint density at radius 1 is 1.20 bits per heavy atom. The van der Waals surface area contributed by atoms with Crippen molar-refractivity contribution in [3.63, 3.8) is 0 Å². The van der Waals surface area contributed by atoms with Gasteiger partial charge in [0.2, 0.25) is 5.91 Å². The summed E-state index contributed by atoms with van der Waals surface area (Å²) in [5, 5.41) is 4.06. The number of nitrogens with zero attached hydrogens (tertiary/aromatic N) is 3. The molecule has 1 unspecified atom stereocenters. The first-order chi connectivity index (χ1) is 14.6. The Morgan fingerprint density at radius 2 is 2.00 bits per heavy atom. The number of benzene rings is 1. The summed E-state index contributed by atoms with van der Waals surface area (Å²) in [7, 11) is 0. The van der Waals surface area contributed by atoms with E-state index in [4.69, 9.17) is 4.98 Å². The van der Waals surface area contributed by atoms with Gasteiger partial charge in [-0.2, -0.15) is 0 Å². The molecule has 3 aromatic rings. The fourth-order valence-electron chi connectivity index (χ4n) is 4.83. The third-order valence-electron chi connectivity index (χ3n) is 6.42. The highest BCUT2D eigenvalue weighted by atomic mass is 16.2. The first-order valence-electron chi connectivity index (χ1n) is 10.8. The molecule has 2 aliphatic rings. The van der Waals surface area contributed by atoms with Gasteiger partial charge in [-0.05, 0) is 25.8 Å². The summed E-state index contributed by atoms with van der Waals surface area (Å²) in [4.78, 5) is 35.4. The van der Waals surface area contributed by atoms with Gasteiger partial charge in [-0.25, -0.2) is 4.98 Å². The number of fused-ring (bicyclic) bond motifs is 2. The molecule has 0 saturated heterocycles. The van der Waals surface area contributed by atoms with Gasteiger partial charge < -0.3 is 19.8 Å². The Hall–Kier alpha value is -3.09. The minimum absolute atomic E-state index is 0.00901. The molecule has 0 bridgehead atoms. The number of aromatic amines is 1. The van der Waals surface area contributed by atoms with Crippen molar-refractivity contribution in [2.45, 2.75) is 57.7 Å². The molecule has 5 rings (SSSR count). The van der Waals surface area contributed by atoms with Crippen molar-refractivity contribution in [3.8, 4) is 0 Å². The summed E-state index contributed by atoms with van der Waals surface area (Å²) in [5.41, 5.74) is 2.42. The van der Waals surface area contributed by atoms with E-state index in [9.17, 15) is 9.59 Å². The number of H-pyrrole nitrogens is 1. The molecule has 0 radical (unpaired) electrons. The smallest absolute Gasteiger partial charge is 0.256 e. The van der Waals surface area contributed by atoms with Crippen LogP contribution in [0.1, 0.15) is 60.5 Å². The summed E-state index contributed by atoms with van der Waals surface area (Å²) in [6, 6.07) is 8.02. The van der Waals surface area contributed by atoms with Crippen molar-refractivity contribution in [2.75, 3.05) is 6.54 Å². The SMILES string of the molecule is CC1c2nc(CC(=O)NC3CCCC3)cn2CCN1C(=O)c1c[nH]c2ccccc12. The van der Waals surface area contributed by atoms with E-state index in [1.165, 1.54) is 12.8 Å². The second-order valence-electron chi connectivity index (χ2n) is 8.43. The highest BCUT2D eigenvalue weighted by Crippen LogP contribution is 2.28. The molecule has 3 heterocycles. The number of hydrogen-bond acceptors (Lipinski definition) is 3. The number of aromatic nitrogens is 3. The number of carbonyl (C=O) groups is 2. The second-order valence-corrected chi connectivity index (χ2v) is 8.43. The molecule has 1 aliphatic carbocycles. The fourth-order valence-corrected chi connectivity index (χ4v) is 4.83. The lowest BCUT2D eigenvalue weighted by Gasteiger charge is -2.33. The van der Waals surface area contributed by atoms with Crippen LogP contribution in [0.3, 0.4) is 0 Å². The van der Waals surface area contributed by atoms with E-state index < -0.39 is 0 Å². The first-order valence-corrected chi connectivity index (χ1v) is 10.8. The van der Waals surface area contributed by atoms with Crippen LogP contribution in [0.2, 0.25) is 0 Å². The third kappa shape index (κ3) is 3.38. The van der Waals surface area contributed by atoms with E-state index in [0.717, 1.165) is 35.3 Å². The van der Waals surface area contributed by atoms with Crippen LogP contribution in [0.5, 0.6) is 0 Å². The zero-order valence-corrected chi connectivity index (χ0v) is 17.2. The van der Waals surface area contributed by atoms with Crippen molar-refractivity contribution in [2.24, 2.45) is 0 Å². The third-order valence-corrected chi connectivity index (χ3v) is 6.42.